The fourth-order valence-corrected chi connectivity index (χ4v) is 2.65. The zero-order valence-corrected chi connectivity index (χ0v) is 10.7. The van der Waals surface area contributed by atoms with Crippen molar-refractivity contribution in [1.29, 1.82) is 0 Å². The van der Waals surface area contributed by atoms with Crippen LogP contribution in [0.25, 0.3) is 0 Å². The van der Waals surface area contributed by atoms with Crippen molar-refractivity contribution in [3.05, 3.63) is 56.5 Å². The van der Waals surface area contributed by atoms with E-state index in [2.05, 4.69) is 0 Å². The molecule has 0 N–H and O–H groups in total. The molecule has 0 unspecified atom stereocenters. The zero-order valence-electron chi connectivity index (χ0n) is 9.17. The molecule has 17 heavy (non-hydrogen) atoms. The van der Waals surface area contributed by atoms with Gasteiger partial charge in [0.2, 0.25) is 5.78 Å². The normalized spacial score (nSPS) is 10.5. The Morgan fingerprint density at radius 3 is 2.71 bits per heavy atom. The van der Waals surface area contributed by atoms with Crippen molar-refractivity contribution >= 4 is 28.7 Å². The van der Waals surface area contributed by atoms with E-state index < -0.39 is 5.82 Å². The quantitative estimate of drug-likeness (QED) is 0.757. The molecule has 0 radical (unpaired) electrons. The fraction of sp³-hybridized carbons (Fsp3) is 0.154. The number of thiophene rings is 1. The van der Waals surface area contributed by atoms with Crippen LogP contribution in [0.1, 0.15) is 27.0 Å². The van der Waals surface area contributed by atoms with Gasteiger partial charge in [-0.1, -0.05) is 18.5 Å². The summed E-state index contributed by atoms with van der Waals surface area (Å²) in [6, 6.07) is 7.53. The number of carbonyl (C=O) groups excluding carboxylic acids is 1. The molecule has 0 aliphatic carbocycles. The van der Waals surface area contributed by atoms with Crippen molar-refractivity contribution < 1.29 is 9.18 Å². The Hall–Kier alpha value is -1.19. The van der Waals surface area contributed by atoms with Gasteiger partial charge in [-0.3, -0.25) is 4.79 Å². The third-order valence-corrected chi connectivity index (χ3v) is 3.95. The van der Waals surface area contributed by atoms with Crippen LogP contribution >= 0.6 is 22.9 Å². The largest absolute Gasteiger partial charge is 0.288 e. The number of aryl methyl sites for hydroxylation is 1. The summed E-state index contributed by atoms with van der Waals surface area (Å²) in [6.07, 6.45) is 0.898. The predicted molar refractivity (Wildman–Crippen MR) is 68.5 cm³/mol. The van der Waals surface area contributed by atoms with Crippen molar-refractivity contribution in [2.75, 3.05) is 0 Å². The van der Waals surface area contributed by atoms with Crippen LogP contribution in [-0.4, -0.2) is 5.78 Å². The first-order chi connectivity index (χ1) is 8.11. The summed E-state index contributed by atoms with van der Waals surface area (Å²) < 4.78 is 12.9. The highest BCUT2D eigenvalue weighted by Crippen LogP contribution is 2.24. The highest BCUT2D eigenvalue weighted by Gasteiger charge is 2.15. The van der Waals surface area contributed by atoms with Gasteiger partial charge in [0.05, 0.1) is 9.90 Å². The molecule has 1 aromatic heterocycles. The van der Waals surface area contributed by atoms with Gasteiger partial charge in [-0.25, -0.2) is 4.39 Å². The first kappa shape index (κ1) is 12.3. The topological polar surface area (TPSA) is 17.1 Å². The highest BCUT2D eigenvalue weighted by molar-refractivity contribution is 7.14. The van der Waals surface area contributed by atoms with Crippen molar-refractivity contribution in [2.24, 2.45) is 0 Å². The van der Waals surface area contributed by atoms with E-state index in [1.165, 1.54) is 23.5 Å². The van der Waals surface area contributed by atoms with Crippen molar-refractivity contribution in [1.82, 2.24) is 0 Å². The van der Waals surface area contributed by atoms with Gasteiger partial charge in [0.25, 0.3) is 0 Å². The third kappa shape index (κ3) is 2.56. The molecule has 2 aromatic rings. The van der Waals surface area contributed by atoms with Crippen LogP contribution in [0.3, 0.4) is 0 Å². The van der Waals surface area contributed by atoms with E-state index in [1.54, 1.807) is 6.07 Å². The molecule has 88 valence electrons. The van der Waals surface area contributed by atoms with Crippen LogP contribution in [-0.2, 0) is 6.42 Å². The molecule has 0 spiro atoms. The van der Waals surface area contributed by atoms with Crippen molar-refractivity contribution in [3.63, 3.8) is 0 Å². The summed E-state index contributed by atoms with van der Waals surface area (Å²) in [5.74, 6) is -0.591. The monoisotopic (exact) mass is 268 g/mol. The molecule has 0 bridgehead atoms. The van der Waals surface area contributed by atoms with Gasteiger partial charge in [0, 0.05) is 10.4 Å². The average molecular weight is 269 g/mol. The first-order valence-corrected chi connectivity index (χ1v) is 6.39. The van der Waals surface area contributed by atoms with E-state index in [0.717, 1.165) is 17.4 Å². The molecular weight excluding hydrogens is 259 g/mol. The fourth-order valence-electron chi connectivity index (χ4n) is 1.50. The number of ketones is 1. The van der Waals surface area contributed by atoms with Crippen LogP contribution < -0.4 is 0 Å². The summed E-state index contributed by atoms with van der Waals surface area (Å²) in [7, 11) is 0. The van der Waals surface area contributed by atoms with E-state index in [4.69, 9.17) is 11.6 Å². The molecule has 4 heteroatoms. The summed E-state index contributed by atoms with van der Waals surface area (Å²) in [5, 5.41) is 0.154. The lowest BCUT2D eigenvalue weighted by Gasteiger charge is -2.01. The molecule has 0 saturated heterocycles. The Morgan fingerprint density at radius 2 is 2.12 bits per heavy atom. The number of hydrogen-bond acceptors (Lipinski definition) is 2. The Kier molecular flexibility index (Phi) is 3.60. The van der Waals surface area contributed by atoms with E-state index in [1.807, 2.05) is 13.0 Å². The van der Waals surface area contributed by atoms with E-state index >= 15 is 0 Å². The third-order valence-electron chi connectivity index (χ3n) is 2.41. The van der Waals surface area contributed by atoms with Crippen LogP contribution in [0.5, 0.6) is 0 Å². The van der Waals surface area contributed by atoms with Gasteiger partial charge in [0.15, 0.2) is 0 Å². The second-order valence-electron chi connectivity index (χ2n) is 3.57. The average Bonchev–Trinajstić information content (AvgIpc) is 2.76. The lowest BCUT2D eigenvalue weighted by Crippen LogP contribution is -1.99. The summed E-state index contributed by atoms with van der Waals surface area (Å²) >= 11 is 7.31. The molecular formula is C13H10ClFOS. The maximum atomic E-state index is 12.9. The molecule has 0 atom stereocenters. The first-order valence-electron chi connectivity index (χ1n) is 5.20. The van der Waals surface area contributed by atoms with Crippen LogP contribution in [0.2, 0.25) is 5.02 Å². The standard InChI is InChI=1S/C13H10ClFOS/c1-2-9-4-6-12(17-9)13(16)10-5-3-8(15)7-11(10)14/h3-7H,2H2,1H3. The van der Waals surface area contributed by atoms with Gasteiger partial charge >= 0.3 is 0 Å². The molecule has 0 aliphatic rings. The second-order valence-corrected chi connectivity index (χ2v) is 5.15. The van der Waals surface area contributed by atoms with E-state index in [9.17, 15) is 9.18 Å². The molecule has 1 heterocycles. The number of hydrogen-bond donors (Lipinski definition) is 0. The van der Waals surface area contributed by atoms with Gasteiger partial charge in [-0.2, -0.15) is 0 Å². The minimum absolute atomic E-state index is 0.153. The molecule has 0 aliphatic heterocycles. The van der Waals surface area contributed by atoms with Crippen molar-refractivity contribution in [2.45, 2.75) is 13.3 Å². The Labute approximate surface area is 108 Å². The zero-order chi connectivity index (χ0) is 12.4. The Balaban J connectivity index is 2.36. The number of rotatable bonds is 3. The van der Waals surface area contributed by atoms with Crippen LogP contribution in [0.15, 0.2) is 30.3 Å². The SMILES string of the molecule is CCc1ccc(C(=O)c2ccc(F)cc2Cl)s1. The van der Waals surface area contributed by atoms with E-state index in [-0.39, 0.29) is 10.8 Å². The summed E-state index contributed by atoms with van der Waals surface area (Å²) in [5.41, 5.74) is 0.345. The molecule has 0 saturated carbocycles. The molecule has 1 nitrogen and oxygen atoms in total. The highest BCUT2D eigenvalue weighted by atomic mass is 35.5. The number of halogens is 2. The number of carbonyl (C=O) groups is 1. The molecule has 2 rings (SSSR count). The molecule has 0 fully saturated rings. The van der Waals surface area contributed by atoms with Crippen LogP contribution in [0, 0.1) is 5.82 Å². The van der Waals surface area contributed by atoms with E-state index in [0.29, 0.717) is 10.4 Å². The maximum Gasteiger partial charge on any atom is 0.204 e. The predicted octanol–water partition coefficient (Wildman–Crippen LogP) is 4.33. The molecule has 1 aromatic carbocycles. The summed E-state index contributed by atoms with van der Waals surface area (Å²) in [4.78, 5) is 13.9. The van der Waals surface area contributed by atoms with Gasteiger partial charge in [-0.15, -0.1) is 11.3 Å². The lowest BCUT2D eigenvalue weighted by atomic mass is 10.1. The summed E-state index contributed by atoms with van der Waals surface area (Å²) in [6.45, 7) is 2.03. The Morgan fingerprint density at radius 1 is 1.35 bits per heavy atom. The Bertz CT molecular complexity index is 562. The van der Waals surface area contributed by atoms with Crippen molar-refractivity contribution in [3.8, 4) is 0 Å². The minimum atomic E-state index is -0.438. The van der Waals surface area contributed by atoms with Gasteiger partial charge in [0.1, 0.15) is 5.82 Å². The minimum Gasteiger partial charge on any atom is -0.288 e. The second kappa shape index (κ2) is 4.98. The maximum absolute atomic E-state index is 12.9. The van der Waals surface area contributed by atoms with Gasteiger partial charge in [-0.05, 0) is 36.8 Å². The number of benzene rings is 1. The van der Waals surface area contributed by atoms with Crippen LogP contribution in [0.4, 0.5) is 4.39 Å². The smallest absolute Gasteiger partial charge is 0.204 e. The lowest BCUT2D eigenvalue weighted by molar-refractivity contribution is 0.104. The van der Waals surface area contributed by atoms with Gasteiger partial charge < -0.3 is 0 Å². The molecule has 0 amide bonds.